The number of amides is 1. The second-order valence-electron chi connectivity index (χ2n) is 6.12. The van der Waals surface area contributed by atoms with Crippen LogP contribution in [0, 0.1) is 11.8 Å². The van der Waals surface area contributed by atoms with Gasteiger partial charge in [0.05, 0.1) is 14.9 Å². The highest BCUT2D eigenvalue weighted by Crippen LogP contribution is 2.39. The number of halogens is 2. The fourth-order valence-electron chi connectivity index (χ4n) is 2.84. The van der Waals surface area contributed by atoms with Gasteiger partial charge in [-0.2, -0.15) is 4.31 Å². The van der Waals surface area contributed by atoms with E-state index in [1.807, 2.05) is 0 Å². The van der Waals surface area contributed by atoms with Crippen molar-refractivity contribution in [2.24, 2.45) is 11.8 Å². The number of hydrogen-bond donors (Lipinski definition) is 0. The highest BCUT2D eigenvalue weighted by molar-refractivity contribution is 7.89. The lowest BCUT2D eigenvalue weighted by atomic mass is 10.2. The summed E-state index contributed by atoms with van der Waals surface area (Å²) in [5, 5.41) is 0.531. The average Bonchev–Trinajstić information content (AvgIpc) is 3.26. The summed E-state index contributed by atoms with van der Waals surface area (Å²) in [5.41, 5.74) is 0. The first-order valence-electron chi connectivity index (χ1n) is 7.54. The maximum Gasteiger partial charge on any atom is 0.243 e. The van der Waals surface area contributed by atoms with Gasteiger partial charge in [-0.05, 0) is 30.5 Å². The highest BCUT2D eigenvalue weighted by Gasteiger charge is 2.42. The Hall–Kier alpha value is -0.820. The number of carbonyl (C=O) groups excluding carboxylic acids is 1. The van der Waals surface area contributed by atoms with Crippen LogP contribution >= 0.6 is 23.2 Å². The zero-order valence-corrected chi connectivity index (χ0v) is 15.0. The molecule has 1 saturated heterocycles. The molecule has 0 unspecified atom stereocenters. The molecule has 0 bridgehead atoms. The summed E-state index contributed by atoms with van der Waals surface area (Å²) >= 11 is 11.7. The lowest BCUT2D eigenvalue weighted by molar-refractivity contribution is -0.134. The second-order valence-corrected chi connectivity index (χ2v) is 8.88. The van der Waals surface area contributed by atoms with Gasteiger partial charge in [-0.15, -0.1) is 0 Å². The lowest BCUT2D eigenvalue weighted by Crippen LogP contribution is -2.51. The van der Waals surface area contributed by atoms with Gasteiger partial charge in [-0.3, -0.25) is 4.79 Å². The van der Waals surface area contributed by atoms with Crippen molar-refractivity contribution in [1.82, 2.24) is 9.21 Å². The summed E-state index contributed by atoms with van der Waals surface area (Å²) in [4.78, 5) is 14.1. The second kappa shape index (κ2) is 6.24. The fourth-order valence-corrected chi connectivity index (χ4v) is 4.65. The van der Waals surface area contributed by atoms with Crippen molar-refractivity contribution in [2.45, 2.75) is 18.2 Å². The van der Waals surface area contributed by atoms with Gasteiger partial charge >= 0.3 is 0 Å². The molecule has 1 saturated carbocycles. The molecule has 3 rings (SSSR count). The van der Waals surface area contributed by atoms with Crippen LogP contribution in [-0.4, -0.2) is 49.7 Å². The summed E-state index contributed by atoms with van der Waals surface area (Å²) in [6.45, 7) is 3.53. The molecule has 0 spiro atoms. The van der Waals surface area contributed by atoms with Crippen LogP contribution in [0.1, 0.15) is 13.3 Å². The summed E-state index contributed by atoms with van der Waals surface area (Å²) in [6, 6.07) is 4.29. The quantitative estimate of drug-likeness (QED) is 0.813. The van der Waals surface area contributed by atoms with Gasteiger partial charge in [0.15, 0.2) is 0 Å². The Morgan fingerprint density at radius 3 is 2.26 bits per heavy atom. The maximum absolute atomic E-state index is 12.6. The molecule has 1 aromatic carbocycles. The van der Waals surface area contributed by atoms with E-state index in [9.17, 15) is 13.2 Å². The molecule has 1 aliphatic carbocycles. The molecule has 0 aromatic heterocycles. The first-order chi connectivity index (χ1) is 10.8. The third-order valence-electron chi connectivity index (χ3n) is 4.51. The Labute approximate surface area is 146 Å². The zero-order chi connectivity index (χ0) is 16.8. The molecule has 1 amide bonds. The van der Waals surface area contributed by atoms with Gasteiger partial charge in [0.1, 0.15) is 0 Å². The predicted molar refractivity (Wildman–Crippen MR) is 89.1 cm³/mol. The number of benzene rings is 1. The molecule has 1 aliphatic heterocycles. The van der Waals surface area contributed by atoms with Crippen molar-refractivity contribution < 1.29 is 13.2 Å². The molecule has 0 radical (unpaired) electrons. The van der Waals surface area contributed by atoms with E-state index in [0.29, 0.717) is 37.1 Å². The minimum absolute atomic E-state index is 0.127. The summed E-state index contributed by atoms with van der Waals surface area (Å²) in [5.74, 6) is 0.748. The predicted octanol–water partition coefficient (Wildman–Crippen LogP) is 2.48. The molecular formula is C15H18Cl2N2O3S. The van der Waals surface area contributed by atoms with Crippen molar-refractivity contribution >= 4 is 39.1 Å². The van der Waals surface area contributed by atoms with E-state index in [0.717, 1.165) is 6.42 Å². The third-order valence-corrected chi connectivity index (χ3v) is 7.14. The Kier molecular flexibility index (Phi) is 4.62. The molecular weight excluding hydrogens is 359 g/mol. The van der Waals surface area contributed by atoms with Crippen molar-refractivity contribution in [3.05, 3.63) is 28.2 Å². The van der Waals surface area contributed by atoms with E-state index in [1.54, 1.807) is 4.90 Å². The van der Waals surface area contributed by atoms with Gasteiger partial charge < -0.3 is 4.90 Å². The number of sulfonamides is 1. The molecule has 0 N–H and O–H groups in total. The zero-order valence-electron chi connectivity index (χ0n) is 12.7. The van der Waals surface area contributed by atoms with Crippen LogP contribution in [0.5, 0.6) is 0 Å². The van der Waals surface area contributed by atoms with E-state index >= 15 is 0 Å². The molecule has 1 aromatic rings. The number of rotatable bonds is 3. The summed E-state index contributed by atoms with van der Waals surface area (Å²) in [7, 11) is -3.61. The van der Waals surface area contributed by atoms with Gasteiger partial charge in [-0.25, -0.2) is 8.42 Å². The molecule has 5 nitrogen and oxygen atoms in total. The molecule has 8 heteroatoms. The minimum Gasteiger partial charge on any atom is -0.340 e. The number of hydrogen-bond acceptors (Lipinski definition) is 3. The molecule has 2 aliphatic rings. The van der Waals surface area contributed by atoms with Crippen LogP contribution in [0.25, 0.3) is 0 Å². The molecule has 126 valence electrons. The fraction of sp³-hybridized carbons (Fsp3) is 0.533. The standard InChI is InChI=1S/C15H18Cl2N2O3S/c1-10-8-12(10)15(20)18-4-6-19(7-5-18)23(21,22)11-2-3-13(16)14(17)9-11/h2-3,9-10,12H,4-8H2,1H3/t10-,12-/m0/s1. The first kappa shape index (κ1) is 17.0. The van der Waals surface area contributed by atoms with Crippen LogP contribution in [-0.2, 0) is 14.8 Å². The third kappa shape index (κ3) is 3.36. The van der Waals surface area contributed by atoms with Gasteiger partial charge in [0, 0.05) is 32.1 Å². The van der Waals surface area contributed by atoms with Gasteiger partial charge in [0.2, 0.25) is 15.9 Å². The number of piperazine rings is 1. The van der Waals surface area contributed by atoms with Crippen LogP contribution in [0.2, 0.25) is 10.0 Å². The smallest absolute Gasteiger partial charge is 0.243 e. The topological polar surface area (TPSA) is 57.7 Å². The summed E-state index contributed by atoms with van der Waals surface area (Å²) in [6.07, 6.45) is 0.945. The van der Waals surface area contributed by atoms with E-state index < -0.39 is 10.0 Å². The molecule has 2 atom stereocenters. The van der Waals surface area contributed by atoms with Crippen LogP contribution in [0.15, 0.2) is 23.1 Å². The highest BCUT2D eigenvalue weighted by atomic mass is 35.5. The SMILES string of the molecule is C[C@H]1C[C@@H]1C(=O)N1CCN(S(=O)(=O)c2ccc(Cl)c(Cl)c2)CC1. The molecule has 1 heterocycles. The van der Waals surface area contributed by atoms with Crippen molar-refractivity contribution in [1.29, 1.82) is 0 Å². The monoisotopic (exact) mass is 376 g/mol. The van der Waals surface area contributed by atoms with Crippen molar-refractivity contribution in [3.8, 4) is 0 Å². The van der Waals surface area contributed by atoms with Crippen LogP contribution in [0.3, 0.4) is 0 Å². The Balaban J connectivity index is 1.68. The van der Waals surface area contributed by atoms with E-state index in [1.165, 1.54) is 22.5 Å². The Morgan fingerprint density at radius 1 is 1.13 bits per heavy atom. The normalized spacial score (nSPS) is 25.4. The van der Waals surface area contributed by atoms with E-state index in [4.69, 9.17) is 23.2 Å². The van der Waals surface area contributed by atoms with E-state index in [-0.39, 0.29) is 21.7 Å². The van der Waals surface area contributed by atoms with E-state index in [2.05, 4.69) is 6.92 Å². The number of carbonyl (C=O) groups is 1. The molecule has 2 fully saturated rings. The van der Waals surface area contributed by atoms with Crippen LogP contribution < -0.4 is 0 Å². The van der Waals surface area contributed by atoms with Crippen molar-refractivity contribution in [2.75, 3.05) is 26.2 Å². The maximum atomic E-state index is 12.6. The minimum atomic E-state index is -3.61. The largest absolute Gasteiger partial charge is 0.340 e. The first-order valence-corrected chi connectivity index (χ1v) is 9.74. The Bertz CT molecular complexity index is 730. The van der Waals surface area contributed by atoms with Gasteiger partial charge in [-0.1, -0.05) is 30.1 Å². The average molecular weight is 377 g/mol. The molecule has 23 heavy (non-hydrogen) atoms. The summed E-state index contributed by atoms with van der Waals surface area (Å²) < 4.78 is 26.7. The van der Waals surface area contributed by atoms with Crippen molar-refractivity contribution in [3.63, 3.8) is 0 Å². The van der Waals surface area contributed by atoms with Gasteiger partial charge in [0.25, 0.3) is 0 Å². The lowest BCUT2D eigenvalue weighted by Gasteiger charge is -2.34. The Morgan fingerprint density at radius 2 is 1.74 bits per heavy atom. The number of nitrogens with zero attached hydrogens (tertiary/aromatic N) is 2. The van der Waals surface area contributed by atoms with Crippen LogP contribution in [0.4, 0.5) is 0 Å².